The number of benzene rings is 2. The zero-order chi connectivity index (χ0) is 24.5. The molecule has 1 amide bonds. The van der Waals surface area contributed by atoms with Crippen LogP contribution in [0.2, 0.25) is 0 Å². The third-order valence-corrected chi connectivity index (χ3v) is 6.33. The number of aryl methyl sites for hydroxylation is 2. The van der Waals surface area contributed by atoms with E-state index in [1.165, 1.54) is 10.9 Å². The summed E-state index contributed by atoms with van der Waals surface area (Å²) in [7, 11) is 2.11. The number of anilines is 1. The molecule has 180 valence electrons. The number of hydrogen-bond donors (Lipinski definition) is 1. The summed E-state index contributed by atoms with van der Waals surface area (Å²) in [5, 5.41) is 11.2. The van der Waals surface area contributed by atoms with Crippen LogP contribution in [-0.4, -0.2) is 52.0 Å². The number of rotatable bonds is 5. The lowest BCUT2D eigenvalue weighted by Gasteiger charge is -2.29. The molecule has 1 aliphatic rings. The lowest BCUT2D eigenvalue weighted by atomic mass is 10.1. The van der Waals surface area contributed by atoms with Gasteiger partial charge in [-0.05, 0) is 64.1 Å². The Hall–Kier alpha value is -3.98. The van der Waals surface area contributed by atoms with Crippen molar-refractivity contribution < 1.29 is 13.9 Å². The number of piperidine rings is 1. The number of carbonyl (C=O) groups is 1. The first-order valence-electron chi connectivity index (χ1n) is 11.6. The Morgan fingerprint density at radius 1 is 1.11 bits per heavy atom. The van der Waals surface area contributed by atoms with Gasteiger partial charge < -0.3 is 19.4 Å². The zero-order valence-corrected chi connectivity index (χ0v) is 19.9. The molecule has 35 heavy (non-hydrogen) atoms. The predicted molar refractivity (Wildman–Crippen MR) is 132 cm³/mol. The van der Waals surface area contributed by atoms with Gasteiger partial charge in [0, 0.05) is 24.0 Å². The molecule has 0 bridgehead atoms. The van der Waals surface area contributed by atoms with Gasteiger partial charge in [-0.2, -0.15) is 0 Å². The molecule has 1 fully saturated rings. The van der Waals surface area contributed by atoms with Crippen LogP contribution in [0.1, 0.15) is 34.5 Å². The molecule has 4 aromatic rings. The smallest absolute Gasteiger partial charge is 0.360 e. The van der Waals surface area contributed by atoms with E-state index in [4.69, 9.17) is 9.15 Å². The van der Waals surface area contributed by atoms with Crippen LogP contribution in [0, 0.1) is 13.8 Å². The van der Waals surface area contributed by atoms with Crippen molar-refractivity contribution in [2.24, 2.45) is 0 Å². The fraction of sp³-hybridized carbons (Fsp3) is 0.308. The van der Waals surface area contributed by atoms with Crippen LogP contribution in [0.4, 0.5) is 5.69 Å². The van der Waals surface area contributed by atoms with Gasteiger partial charge in [-0.3, -0.25) is 4.79 Å². The van der Waals surface area contributed by atoms with Crippen molar-refractivity contribution in [3.63, 3.8) is 0 Å². The van der Waals surface area contributed by atoms with Gasteiger partial charge in [-0.1, -0.05) is 22.9 Å². The second-order valence-electron chi connectivity index (χ2n) is 9.01. The number of hydrogen-bond acceptors (Lipinski definition) is 7. The predicted octanol–water partition coefficient (Wildman–Crippen LogP) is 3.72. The number of carbonyl (C=O) groups excluding carboxylic acids is 1. The fourth-order valence-corrected chi connectivity index (χ4v) is 4.18. The molecule has 0 atom stereocenters. The third-order valence-electron chi connectivity index (χ3n) is 6.33. The van der Waals surface area contributed by atoms with Gasteiger partial charge in [0.15, 0.2) is 5.69 Å². The Morgan fingerprint density at radius 2 is 1.86 bits per heavy atom. The highest BCUT2D eigenvalue weighted by Crippen LogP contribution is 2.30. The van der Waals surface area contributed by atoms with Crippen LogP contribution in [0.15, 0.2) is 57.9 Å². The molecule has 0 saturated carbocycles. The van der Waals surface area contributed by atoms with Crippen LogP contribution in [0.25, 0.3) is 16.7 Å². The van der Waals surface area contributed by atoms with Gasteiger partial charge in [0.2, 0.25) is 0 Å². The summed E-state index contributed by atoms with van der Waals surface area (Å²) in [6.07, 6.45) is 3.56. The second-order valence-corrected chi connectivity index (χ2v) is 9.01. The first kappa shape index (κ1) is 22.8. The normalized spacial score (nSPS) is 14.8. The minimum Gasteiger partial charge on any atom is -0.490 e. The molecular formula is C26H27N5O4. The van der Waals surface area contributed by atoms with Crippen LogP contribution in [0.5, 0.6) is 5.75 Å². The van der Waals surface area contributed by atoms with E-state index in [-0.39, 0.29) is 17.5 Å². The van der Waals surface area contributed by atoms with Gasteiger partial charge in [0.25, 0.3) is 5.91 Å². The van der Waals surface area contributed by atoms with Crippen LogP contribution in [-0.2, 0) is 0 Å². The Kier molecular flexibility index (Phi) is 6.08. The lowest BCUT2D eigenvalue weighted by molar-refractivity contribution is 0.102. The number of nitrogens with one attached hydrogen (secondary N) is 1. The van der Waals surface area contributed by atoms with Crippen LogP contribution < -0.4 is 15.7 Å². The Balaban J connectivity index is 1.34. The standard InChI is InChI=1S/C26H27N5O4/c1-16-4-7-19(8-5-16)31-15-22(28-29-31)25(32)27-21-14-18-6-9-23(17(2)24(18)35-26(21)33)34-20-10-12-30(3)13-11-20/h4-9,14-15,20H,10-13H2,1-3H3,(H,27,32). The van der Waals surface area contributed by atoms with E-state index in [2.05, 4.69) is 27.6 Å². The summed E-state index contributed by atoms with van der Waals surface area (Å²) in [5.41, 5.74) is 2.59. The van der Waals surface area contributed by atoms with Crippen molar-refractivity contribution >= 4 is 22.6 Å². The quantitative estimate of drug-likeness (QED) is 0.441. The lowest BCUT2D eigenvalue weighted by Crippen LogP contribution is -2.35. The molecule has 2 aromatic heterocycles. The molecule has 2 aromatic carbocycles. The maximum atomic E-state index is 12.7. The highest BCUT2D eigenvalue weighted by atomic mass is 16.5. The Morgan fingerprint density at radius 3 is 2.60 bits per heavy atom. The van der Waals surface area contributed by atoms with Crippen molar-refractivity contribution in [3.8, 4) is 11.4 Å². The third kappa shape index (κ3) is 4.81. The molecule has 9 heteroatoms. The first-order valence-corrected chi connectivity index (χ1v) is 11.6. The molecule has 1 saturated heterocycles. The fourth-order valence-electron chi connectivity index (χ4n) is 4.18. The second kappa shape index (κ2) is 9.34. The SMILES string of the molecule is Cc1ccc(-n2cc(C(=O)Nc3cc4ccc(OC5CCN(C)CC5)c(C)c4oc3=O)nn2)cc1. The van der Waals surface area contributed by atoms with Gasteiger partial charge >= 0.3 is 5.63 Å². The number of ether oxygens (including phenoxy) is 1. The molecule has 1 aliphatic heterocycles. The summed E-state index contributed by atoms with van der Waals surface area (Å²) in [5.74, 6) is 0.161. The largest absolute Gasteiger partial charge is 0.490 e. The highest BCUT2D eigenvalue weighted by Gasteiger charge is 2.20. The zero-order valence-electron chi connectivity index (χ0n) is 19.9. The van der Waals surface area contributed by atoms with E-state index in [1.54, 1.807) is 6.07 Å². The molecule has 0 aliphatic carbocycles. The molecular weight excluding hydrogens is 446 g/mol. The topological polar surface area (TPSA) is 102 Å². The minimum atomic E-state index is -0.642. The maximum Gasteiger partial charge on any atom is 0.360 e. The number of amides is 1. The molecule has 9 nitrogen and oxygen atoms in total. The van der Waals surface area contributed by atoms with Gasteiger partial charge in [-0.15, -0.1) is 5.10 Å². The Labute approximate surface area is 202 Å². The average Bonchev–Trinajstić information content (AvgIpc) is 3.34. The van der Waals surface area contributed by atoms with Gasteiger partial charge in [-0.25, -0.2) is 9.48 Å². The molecule has 0 radical (unpaired) electrons. The number of fused-ring (bicyclic) bond motifs is 1. The summed E-state index contributed by atoms with van der Waals surface area (Å²) in [6.45, 7) is 5.85. The van der Waals surface area contributed by atoms with Crippen molar-refractivity contribution in [1.29, 1.82) is 0 Å². The van der Waals surface area contributed by atoms with Gasteiger partial charge in [0.05, 0.1) is 11.9 Å². The number of nitrogens with zero attached hydrogens (tertiary/aromatic N) is 4. The van der Waals surface area contributed by atoms with E-state index >= 15 is 0 Å². The molecule has 0 unspecified atom stereocenters. The van der Waals surface area contributed by atoms with Gasteiger partial charge in [0.1, 0.15) is 23.1 Å². The number of likely N-dealkylation sites (tertiary alicyclic amines) is 1. The highest BCUT2D eigenvalue weighted by molar-refractivity contribution is 6.03. The first-order chi connectivity index (χ1) is 16.9. The minimum absolute atomic E-state index is 0.0378. The molecule has 3 heterocycles. The van der Waals surface area contributed by atoms with Crippen LogP contribution >= 0.6 is 0 Å². The summed E-state index contributed by atoms with van der Waals surface area (Å²) >= 11 is 0. The van der Waals surface area contributed by atoms with E-state index < -0.39 is 11.5 Å². The van der Waals surface area contributed by atoms with E-state index in [0.717, 1.165) is 42.7 Å². The summed E-state index contributed by atoms with van der Waals surface area (Å²) in [4.78, 5) is 27.7. The molecule has 5 rings (SSSR count). The van der Waals surface area contributed by atoms with E-state index in [0.29, 0.717) is 16.7 Å². The van der Waals surface area contributed by atoms with Crippen molar-refractivity contribution in [1.82, 2.24) is 19.9 Å². The van der Waals surface area contributed by atoms with E-state index in [1.807, 2.05) is 50.2 Å². The summed E-state index contributed by atoms with van der Waals surface area (Å²) in [6, 6.07) is 13.0. The average molecular weight is 474 g/mol. The summed E-state index contributed by atoms with van der Waals surface area (Å²) < 4.78 is 13.3. The van der Waals surface area contributed by atoms with Crippen molar-refractivity contribution in [2.75, 3.05) is 25.5 Å². The van der Waals surface area contributed by atoms with Crippen molar-refractivity contribution in [2.45, 2.75) is 32.8 Å². The Bertz CT molecular complexity index is 1430. The monoisotopic (exact) mass is 473 g/mol. The number of aromatic nitrogens is 3. The maximum absolute atomic E-state index is 12.7. The van der Waals surface area contributed by atoms with E-state index in [9.17, 15) is 9.59 Å². The van der Waals surface area contributed by atoms with Crippen LogP contribution in [0.3, 0.4) is 0 Å². The molecule has 1 N–H and O–H groups in total. The van der Waals surface area contributed by atoms with Crippen molar-refractivity contribution in [3.05, 3.63) is 75.9 Å². The molecule has 0 spiro atoms.